The largest absolute Gasteiger partial charge is 0.497 e. The first-order valence-electron chi connectivity index (χ1n) is 10.5. The number of morpholine rings is 1. The van der Waals surface area contributed by atoms with E-state index in [4.69, 9.17) is 14.2 Å². The van der Waals surface area contributed by atoms with Crippen molar-refractivity contribution in [2.75, 3.05) is 40.5 Å². The van der Waals surface area contributed by atoms with Gasteiger partial charge in [0.2, 0.25) is 5.91 Å². The molecule has 1 aliphatic carbocycles. The highest BCUT2D eigenvalue weighted by molar-refractivity contribution is 6.02. The minimum absolute atomic E-state index is 0.0102. The molecule has 7 nitrogen and oxygen atoms in total. The number of benzene rings is 1. The van der Waals surface area contributed by atoms with Gasteiger partial charge in [-0.25, -0.2) is 10.0 Å². The van der Waals surface area contributed by atoms with Crippen molar-refractivity contribution in [2.45, 2.75) is 39.0 Å². The van der Waals surface area contributed by atoms with Gasteiger partial charge in [0.05, 0.1) is 27.4 Å². The summed E-state index contributed by atoms with van der Waals surface area (Å²) in [5.41, 5.74) is 2.21. The van der Waals surface area contributed by atoms with Crippen molar-refractivity contribution in [1.29, 1.82) is 0 Å². The van der Waals surface area contributed by atoms with Crippen LogP contribution < -0.4 is 9.47 Å². The lowest BCUT2D eigenvalue weighted by atomic mass is 9.69. The Morgan fingerprint density at radius 2 is 1.80 bits per heavy atom. The minimum atomic E-state index is -0.335. The number of hydrogen-bond donors (Lipinski definition) is 0. The molecule has 1 amide bonds. The molecule has 30 heavy (non-hydrogen) atoms. The Hall–Kier alpha value is -2.38. The predicted octanol–water partition coefficient (Wildman–Crippen LogP) is 2.91. The summed E-state index contributed by atoms with van der Waals surface area (Å²) in [6, 6.07) is 5.55. The van der Waals surface area contributed by atoms with Gasteiger partial charge < -0.3 is 14.2 Å². The maximum Gasteiger partial charge on any atom is 0.242 e. The highest BCUT2D eigenvalue weighted by atomic mass is 16.5. The number of allylic oxidation sites excluding steroid dienone is 2. The molecule has 0 bridgehead atoms. The number of hydrazine groups is 1. The third kappa shape index (κ3) is 3.72. The molecule has 0 N–H and O–H groups in total. The highest BCUT2D eigenvalue weighted by Crippen LogP contribution is 2.49. The van der Waals surface area contributed by atoms with Crippen molar-refractivity contribution in [1.82, 2.24) is 10.0 Å². The van der Waals surface area contributed by atoms with Crippen LogP contribution in [0.5, 0.6) is 11.5 Å². The molecule has 1 aromatic carbocycles. The van der Waals surface area contributed by atoms with Gasteiger partial charge in [0, 0.05) is 48.7 Å². The van der Waals surface area contributed by atoms with Crippen molar-refractivity contribution < 1.29 is 23.8 Å². The van der Waals surface area contributed by atoms with Crippen LogP contribution in [0.3, 0.4) is 0 Å². The Kier molecular flexibility index (Phi) is 5.59. The first kappa shape index (κ1) is 20.9. The quantitative estimate of drug-likeness (QED) is 0.755. The average molecular weight is 415 g/mol. The van der Waals surface area contributed by atoms with Crippen LogP contribution in [0.1, 0.15) is 44.6 Å². The normalized spacial score (nSPS) is 24.7. The monoisotopic (exact) mass is 414 g/mol. The second-order valence-corrected chi connectivity index (χ2v) is 8.94. The minimum Gasteiger partial charge on any atom is -0.497 e. The second-order valence-electron chi connectivity index (χ2n) is 8.94. The van der Waals surface area contributed by atoms with Gasteiger partial charge >= 0.3 is 0 Å². The number of ether oxygens (including phenoxy) is 3. The third-order valence-corrected chi connectivity index (χ3v) is 6.20. The van der Waals surface area contributed by atoms with E-state index in [9.17, 15) is 9.59 Å². The molecule has 1 saturated heterocycles. The van der Waals surface area contributed by atoms with E-state index in [1.54, 1.807) is 19.2 Å². The van der Waals surface area contributed by atoms with Gasteiger partial charge in [-0.05, 0) is 30.0 Å². The summed E-state index contributed by atoms with van der Waals surface area (Å²) < 4.78 is 16.5. The zero-order chi connectivity index (χ0) is 21.5. The van der Waals surface area contributed by atoms with E-state index in [-0.39, 0.29) is 29.4 Å². The molecule has 0 saturated carbocycles. The van der Waals surface area contributed by atoms with Crippen molar-refractivity contribution in [2.24, 2.45) is 5.41 Å². The van der Waals surface area contributed by atoms with Crippen LogP contribution in [0.4, 0.5) is 0 Å². The lowest BCUT2D eigenvalue weighted by Crippen LogP contribution is -2.55. The van der Waals surface area contributed by atoms with E-state index in [0.29, 0.717) is 50.6 Å². The molecular formula is C23H30N2O5. The molecule has 1 fully saturated rings. The predicted molar refractivity (Wildman–Crippen MR) is 111 cm³/mol. The molecule has 162 valence electrons. The third-order valence-electron chi connectivity index (χ3n) is 6.20. The van der Waals surface area contributed by atoms with Gasteiger partial charge in [0.15, 0.2) is 5.78 Å². The summed E-state index contributed by atoms with van der Waals surface area (Å²) in [5, 5.41) is 3.81. The topological polar surface area (TPSA) is 68.3 Å². The number of hydrogen-bond acceptors (Lipinski definition) is 6. The number of nitrogens with zero attached hydrogens (tertiary/aromatic N) is 2. The van der Waals surface area contributed by atoms with Crippen LogP contribution in [-0.4, -0.2) is 62.2 Å². The average Bonchev–Trinajstić information content (AvgIpc) is 2.72. The first-order valence-corrected chi connectivity index (χ1v) is 10.5. The second kappa shape index (κ2) is 8.04. The number of carbonyl (C=O) groups is 2. The van der Waals surface area contributed by atoms with Crippen LogP contribution in [0, 0.1) is 5.41 Å². The van der Waals surface area contributed by atoms with E-state index in [1.807, 2.05) is 23.2 Å². The molecule has 0 spiro atoms. The van der Waals surface area contributed by atoms with Gasteiger partial charge in [-0.1, -0.05) is 13.8 Å². The summed E-state index contributed by atoms with van der Waals surface area (Å²) in [7, 11) is 3.22. The maximum absolute atomic E-state index is 13.4. The van der Waals surface area contributed by atoms with E-state index < -0.39 is 0 Å². The molecule has 7 heteroatoms. The van der Waals surface area contributed by atoms with Gasteiger partial charge in [-0.2, -0.15) is 0 Å². The molecule has 2 heterocycles. The number of methoxy groups -OCH3 is 2. The van der Waals surface area contributed by atoms with Gasteiger partial charge in [-0.3, -0.25) is 9.59 Å². The molecule has 0 radical (unpaired) electrons. The van der Waals surface area contributed by atoms with Crippen LogP contribution in [-0.2, 0) is 14.3 Å². The fraction of sp³-hybridized carbons (Fsp3) is 0.565. The van der Waals surface area contributed by atoms with Gasteiger partial charge in [0.25, 0.3) is 0 Å². The summed E-state index contributed by atoms with van der Waals surface area (Å²) in [4.78, 5) is 26.8. The maximum atomic E-state index is 13.4. The van der Waals surface area contributed by atoms with E-state index >= 15 is 0 Å². The Balaban J connectivity index is 1.86. The molecule has 1 unspecified atom stereocenters. The standard InChI is InChI=1S/C23H30N2O5/c1-23(2)13-18-22(19(26)14-23)17(16-11-15(28-3)5-6-20(16)29-4)12-21(27)25(18)24-7-9-30-10-8-24/h5-6,11,17H,7-10,12-14H2,1-4H3. The van der Waals surface area contributed by atoms with Gasteiger partial charge in [-0.15, -0.1) is 0 Å². The Bertz CT molecular complexity index is 886. The van der Waals surface area contributed by atoms with Crippen molar-refractivity contribution in [3.63, 3.8) is 0 Å². The van der Waals surface area contributed by atoms with E-state index in [1.165, 1.54) is 0 Å². The molecular weight excluding hydrogens is 384 g/mol. The molecule has 4 rings (SSSR count). The summed E-state index contributed by atoms with van der Waals surface area (Å²) >= 11 is 0. The fourth-order valence-electron chi connectivity index (χ4n) is 4.86. The highest BCUT2D eigenvalue weighted by Gasteiger charge is 2.46. The number of rotatable bonds is 4. The summed E-state index contributed by atoms with van der Waals surface area (Å²) in [5.74, 6) is 1.13. The van der Waals surface area contributed by atoms with Crippen molar-refractivity contribution >= 4 is 11.7 Å². The van der Waals surface area contributed by atoms with E-state index in [2.05, 4.69) is 13.8 Å². The fourth-order valence-corrected chi connectivity index (χ4v) is 4.86. The molecule has 2 aliphatic heterocycles. The lowest BCUT2D eigenvalue weighted by molar-refractivity contribution is -0.154. The molecule has 1 aromatic rings. The molecule has 3 aliphatic rings. The zero-order valence-electron chi connectivity index (χ0n) is 18.2. The summed E-state index contributed by atoms with van der Waals surface area (Å²) in [6.07, 6.45) is 1.38. The van der Waals surface area contributed by atoms with Gasteiger partial charge in [0.1, 0.15) is 11.5 Å². The number of ketones is 1. The Labute approximate surface area is 177 Å². The van der Waals surface area contributed by atoms with Crippen molar-refractivity contribution in [3.8, 4) is 11.5 Å². The lowest BCUT2D eigenvalue weighted by Gasteiger charge is -2.47. The van der Waals surface area contributed by atoms with Crippen LogP contribution >= 0.6 is 0 Å². The Morgan fingerprint density at radius 3 is 2.47 bits per heavy atom. The number of carbonyl (C=O) groups excluding carboxylic acids is 2. The number of Topliss-reactive ketones (excluding diaryl/α,β-unsaturated/α-hetero) is 1. The van der Waals surface area contributed by atoms with Crippen molar-refractivity contribution in [3.05, 3.63) is 35.0 Å². The van der Waals surface area contributed by atoms with E-state index in [0.717, 1.165) is 16.8 Å². The first-order chi connectivity index (χ1) is 14.3. The molecule has 1 atom stereocenters. The van der Waals surface area contributed by atoms with Crippen LogP contribution in [0.2, 0.25) is 0 Å². The Morgan fingerprint density at radius 1 is 1.07 bits per heavy atom. The summed E-state index contributed by atoms with van der Waals surface area (Å²) in [6.45, 7) is 6.63. The smallest absolute Gasteiger partial charge is 0.242 e. The van der Waals surface area contributed by atoms with Crippen LogP contribution in [0.15, 0.2) is 29.5 Å². The SMILES string of the molecule is COc1ccc(OC)c(C2CC(=O)N(N3CCOCC3)C3=C2C(=O)CC(C)(C)C3)c1. The molecule has 0 aromatic heterocycles. The zero-order valence-corrected chi connectivity index (χ0v) is 18.2. The number of amides is 1. The van der Waals surface area contributed by atoms with Crippen LogP contribution in [0.25, 0.3) is 0 Å².